The molecule has 0 fully saturated rings. The fourth-order valence-electron chi connectivity index (χ4n) is 2.20. The molecular weight excluding hydrogens is 292 g/mol. The summed E-state index contributed by atoms with van der Waals surface area (Å²) in [6.07, 6.45) is 1.63. The number of nitrogens with zero attached hydrogens (tertiary/aromatic N) is 6. The molecule has 2 aromatic heterocycles. The standard InChI is InChI=1S/C16H14N6O/c1-11-7-8-18-16-19-14(20-22(11)16)15(23)21(2)10-13-5-3-12(9-17)4-6-13/h3-8H,10H2,1-2H3. The molecule has 0 radical (unpaired) electrons. The Hall–Kier alpha value is -3.27. The first-order valence-corrected chi connectivity index (χ1v) is 7.01. The quantitative estimate of drug-likeness (QED) is 0.733. The molecule has 3 rings (SSSR count). The van der Waals surface area contributed by atoms with Gasteiger partial charge in [0.25, 0.3) is 11.7 Å². The lowest BCUT2D eigenvalue weighted by atomic mass is 10.1. The SMILES string of the molecule is Cc1ccnc2nc(C(=O)N(C)Cc3ccc(C#N)cc3)nn12. The molecule has 0 aliphatic rings. The van der Waals surface area contributed by atoms with Crippen LogP contribution in [0.1, 0.15) is 27.4 Å². The minimum atomic E-state index is -0.278. The van der Waals surface area contributed by atoms with Crippen LogP contribution in [0.5, 0.6) is 0 Å². The van der Waals surface area contributed by atoms with Gasteiger partial charge in [0, 0.05) is 25.5 Å². The van der Waals surface area contributed by atoms with E-state index in [-0.39, 0.29) is 11.7 Å². The summed E-state index contributed by atoms with van der Waals surface area (Å²) in [5, 5.41) is 13.0. The highest BCUT2D eigenvalue weighted by molar-refractivity contribution is 5.90. The second-order valence-electron chi connectivity index (χ2n) is 5.20. The van der Waals surface area contributed by atoms with Crippen molar-refractivity contribution in [1.29, 1.82) is 5.26 Å². The Bertz CT molecular complexity index is 906. The monoisotopic (exact) mass is 306 g/mol. The van der Waals surface area contributed by atoms with E-state index in [2.05, 4.69) is 21.1 Å². The van der Waals surface area contributed by atoms with Crippen LogP contribution in [0.3, 0.4) is 0 Å². The van der Waals surface area contributed by atoms with Crippen LogP contribution in [-0.4, -0.2) is 37.4 Å². The van der Waals surface area contributed by atoms with Crippen LogP contribution in [-0.2, 0) is 6.54 Å². The van der Waals surface area contributed by atoms with Crippen LogP contribution in [0, 0.1) is 18.3 Å². The molecule has 0 aliphatic heterocycles. The maximum Gasteiger partial charge on any atom is 0.293 e. The molecule has 0 atom stereocenters. The maximum atomic E-state index is 12.5. The van der Waals surface area contributed by atoms with Crippen molar-refractivity contribution in [2.24, 2.45) is 0 Å². The normalized spacial score (nSPS) is 10.5. The molecule has 0 spiro atoms. The molecule has 0 N–H and O–H groups in total. The van der Waals surface area contributed by atoms with E-state index >= 15 is 0 Å². The van der Waals surface area contributed by atoms with E-state index < -0.39 is 0 Å². The fourth-order valence-corrected chi connectivity index (χ4v) is 2.20. The molecule has 2 heterocycles. The highest BCUT2D eigenvalue weighted by Crippen LogP contribution is 2.09. The lowest BCUT2D eigenvalue weighted by molar-refractivity contribution is 0.0773. The van der Waals surface area contributed by atoms with Gasteiger partial charge in [-0.2, -0.15) is 10.2 Å². The van der Waals surface area contributed by atoms with Crippen LogP contribution >= 0.6 is 0 Å². The average molecular weight is 306 g/mol. The van der Waals surface area contributed by atoms with Crippen LogP contribution in [0.2, 0.25) is 0 Å². The Labute approximate surface area is 132 Å². The minimum Gasteiger partial charge on any atom is -0.335 e. The van der Waals surface area contributed by atoms with E-state index in [1.54, 1.807) is 36.0 Å². The summed E-state index contributed by atoms with van der Waals surface area (Å²) in [5.41, 5.74) is 2.38. The highest BCUT2D eigenvalue weighted by Gasteiger charge is 2.18. The number of hydrogen-bond acceptors (Lipinski definition) is 5. The summed E-state index contributed by atoms with van der Waals surface area (Å²) in [5.74, 6) is 0.238. The second kappa shape index (κ2) is 5.85. The summed E-state index contributed by atoms with van der Waals surface area (Å²) in [6.45, 7) is 2.28. The van der Waals surface area contributed by atoms with Crippen molar-refractivity contribution < 1.29 is 4.79 Å². The third kappa shape index (κ3) is 2.87. The number of aryl methyl sites for hydroxylation is 1. The lowest BCUT2D eigenvalue weighted by Crippen LogP contribution is -2.27. The molecule has 7 heteroatoms. The number of fused-ring (bicyclic) bond motifs is 1. The Morgan fingerprint density at radius 3 is 2.70 bits per heavy atom. The molecule has 3 aromatic rings. The van der Waals surface area contributed by atoms with Crippen LogP contribution in [0.15, 0.2) is 36.5 Å². The second-order valence-corrected chi connectivity index (χ2v) is 5.20. The molecule has 0 saturated carbocycles. The van der Waals surface area contributed by atoms with Crippen LogP contribution in [0.4, 0.5) is 0 Å². The van der Waals surface area contributed by atoms with Gasteiger partial charge >= 0.3 is 0 Å². The zero-order chi connectivity index (χ0) is 16.4. The largest absolute Gasteiger partial charge is 0.335 e. The molecule has 1 aromatic carbocycles. The van der Waals surface area contributed by atoms with Crippen molar-refractivity contribution >= 4 is 11.7 Å². The highest BCUT2D eigenvalue weighted by atomic mass is 16.2. The molecule has 0 bridgehead atoms. The Balaban J connectivity index is 1.80. The van der Waals surface area contributed by atoms with Gasteiger partial charge in [0.2, 0.25) is 5.82 Å². The molecule has 7 nitrogen and oxygen atoms in total. The maximum absolute atomic E-state index is 12.5. The average Bonchev–Trinajstić information content (AvgIpc) is 3.00. The summed E-state index contributed by atoms with van der Waals surface area (Å²) < 4.78 is 1.54. The van der Waals surface area contributed by atoms with Gasteiger partial charge in [0.05, 0.1) is 11.6 Å². The van der Waals surface area contributed by atoms with E-state index in [0.717, 1.165) is 11.3 Å². The molecule has 23 heavy (non-hydrogen) atoms. The van der Waals surface area contributed by atoms with Gasteiger partial charge in [0.1, 0.15) is 0 Å². The van der Waals surface area contributed by atoms with E-state index in [1.165, 1.54) is 4.90 Å². The van der Waals surface area contributed by atoms with Gasteiger partial charge in [-0.3, -0.25) is 4.79 Å². The zero-order valence-corrected chi connectivity index (χ0v) is 12.8. The molecular formula is C16H14N6O. The Morgan fingerprint density at radius 2 is 2.04 bits per heavy atom. The first-order chi connectivity index (χ1) is 11.1. The van der Waals surface area contributed by atoms with Crippen molar-refractivity contribution in [3.05, 3.63) is 59.2 Å². The zero-order valence-electron chi connectivity index (χ0n) is 12.8. The molecule has 114 valence electrons. The first kappa shape index (κ1) is 14.7. The van der Waals surface area contributed by atoms with E-state index in [1.807, 2.05) is 19.1 Å². The Kier molecular flexibility index (Phi) is 3.73. The Morgan fingerprint density at radius 1 is 1.30 bits per heavy atom. The number of benzene rings is 1. The van der Waals surface area contributed by atoms with Crippen LogP contribution in [0.25, 0.3) is 5.78 Å². The van der Waals surface area contributed by atoms with Gasteiger partial charge in [-0.05, 0) is 30.7 Å². The first-order valence-electron chi connectivity index (χ1n) is 7.01. The molecule has 0 aliphatic carbocycles. The number of carbonyl (C=O) groups is 1. The number of rotatable bonds is 3. The lowest BCUT2D eigenvalue weighted by Gasteiger charge is -2.15. The van der Waals surface area contributed by atoms with Gasteiger partial charge in [-0.15, -0.1) is 5.10 Å². The van der Waals surface area contributed by atoms with Crippen molar-refractivity contribution in [2.75, 3.05) is 7.05 Å². The summed E-state index contributed by atoms with van der Waals surface area (Å²) in [7, 11) is 1.69. The van der Waals surface area contributed by atoms with Crippen molar-refractivity contribution in [1.82, 2.24) is 24.5 Å². The van der Waals surface area contributed by atoms with E-state index in [9.17, 15) is 4.79 Å². The van der Waals surface area contributed by atoms with Gasteiger partial charge in [-0.25, -0.2) is 9.50 Å². The molecule has 0 unspecified atom stereocenters. The fraction of sp³-hybridized carbons (Fsp3) is 0.188. The van der Waals surface area contributed by atoms with Gasteiger partial charge in [0.15, 0.2) is 0 Å². The predicted octanol–water partition coefficient (Wildman–Crippen LogP) is 1.58. The number of carbonyl (C=O) groups excluding carboxylic acids is 1. The topological polar surface area (TPSA) is 87.2 Å². The van der Waals surface area contributed by atoms with E-state index in [0.29, 0.717) is 17.9 Å². The minimum absolute atomic E-state index is 0.114. The third-order valence-electron chi connectivity index (χ3n) is 3.47. The van der Waals surface area contributed by atoms with Gasteiger partial charge < -0.3 is 4.90 Å². The number of amides is 1. The van der Waals surface area contributed by atoms with Gasteiger partial charge in [-0.1, -0.05) is 12.1 Å². The number of hydrogen-bond donors (Lipinski definition) is 0. The van der Waals surface area contributed by atoms with Crippen molar-refractivity contribution in [3.63, 3.8) is 0 Å². The third-order valence-corrected chi connectivity index (χ3v) is 3.47. The molecule has 1 amide bonds. The van der Waals surface area contributed by atoms with Crippen LogP contribution < -0.4 is 0 Å². The predicted molar refractivity (Wildman–Crippen MR) is 82.5 cm³/mol. The summed E-state index contributed by atoms with van der Waals surface area (Å²) >= 11 is 0. The smallest absolute Gasteiger partial charge is 0.293 e. The van der Waals surface area contributed by atoms with Crippen molar-refractivity contribution in [3.8, 4) is 6.07 Å². The summed E-state index contributed by atoms with van der Waals surface area (Å²) in [6, 6.07) is 11.0. The number of nitriles is 1. The van der Waals surface area contributed by atoms with Crippen molar-refractivity contribution in [2.45, 2.75) is 13.5 Å². The number of aromatic nitrogens is 4. The molecule has 0 saturated heterocycles. The summed E-state index contributed by atoms with van der Waals surface area (Å²) in [4.78, 5) is 22.3. The van der Waals surface area contributed by atoms with E-state index in [4.69, 9.17) is 5.26 Å².